The van der Waals surface area contributed by atoms with Gasteiger partial charge in [0.1, 0.15) is 11.3 Å². The number of amides is 1. The predicted octanol–water partition coefficient (Wildman–Crippen LogP) is 3.14. The highest BCUT2D eigenvalue weighted by Gasteiger charge is 2.10. The lowest BCUT2D eigenvalue weighted by molar-refractivity contribution is -0.118. The van der Waals surface area contributed by atoms with Crippen LogP contribution in [0.1, 0.15) is 33.1 Å². The third-order valence-electron chi connectivity index (χ3n) is 3.19. The Balaban J connectivity index is 2.22. The topological polar surface area (TPSA) is 73.0 Å². The zero-order chi connectivity index (χ0) is 15.4. The van der Waals surface area contributed by atoms with Gasteiger partial charge in [-0.15, -0.1) is 0 Å². The van der Waals surface area contributed by atoms with Gasteiger partial charge in [0, 0.05) is 13.0 Å². The minimum absolute atomic E-state index is 0.108. The Bertz CT molecular complexity index is 688. The molecule has 114 valence electrons. The van der Waals surface area contributed by atoms with Crippen LogP contribution in [-0.2, 0) is 11.3 Å². The zero-order valence-electron chi connectivity index (χ0n) is 12.4. The van der Waals surface area contributed by atoms with Gasteiger partial charge in [0.2, 0.25) is 5.91 Å². The summed E-state index contributed by atoms with van der Waals surface area (Å²) in [6.45, 7) is 4.75. The Morgan fingerprint density at radius 3 is 2.86 bits per heavy atom. The standard InChI is InChI=1S/C15H21N3O2S/c1-10(2)20-12-7-5-6-11-14(12)17-15(21)18(11)9-4-3-8-13(16)19/h5-7,10H,3-4,8-9H2,1-2H3,(H2,16,19)(H,17,21). The van der Waals surface area contributed by atoms with E-state index in [0.717, 1.165) is 36.2 Å². The molecule has 6 heteroatoms. The Morgan fingerprint density at radius 1 is 1.43 bits per heavy atom. The number of nitrogens with one attached hydrogen (secondary N) is 1. The number of para-hydroxylation sites is 1. The summed E-state index contributed by atoms with van der Waals surface area (Å²) in [7, 11) is 0. The van der Waals surface area contributed by atoms with E-state index in [4.69, 9.17) is 22.7 Å². The second-order valence-corrected chi connectivity index (χ2v) is 5.71. The van der Waals surface area contributed by atoms with Gasteiger partial charge in [-0.2, -0.15) is 0 Å². The molecule has 0 aliphatic rings. The number of primary amides is 1. The van der Waals surface area contributed by atoms with Gasteiger partial charge in [-0.1, -0.05) is 6.07 Å². The molecule has 1 heterocycles. The van der Waals surface area contributed by atoms with Crippen LogP contribution in [0.4, 0.5) is 0 Å². The van der Waals surface area contributed by atoms with Crippen LogP contribution < -0.4 is 10.5 Å². The quantitative estimate of drug-likeness (QED) is 0.609. The van der Waals surface area contributed by atoms with Crippen molar-refractivity contribution in [3.63, 3.8) is 0 Å². The SMILES string of the molecule is CC(C)Oc1cccc2c1[nH]c(=S)n2CCCCC(N)=O. The van der Waals surface area contributed by atoms with E-state index in [1.807, 2.05) is 36.6 Å². The van der Waals surface area contributed by atoms with E-state index in [2.05, 4.69) is 4.98 Å². The van der Waals surface area contributed by atoms with Gasteiger partial charge in [0.15, 0.2) is 4.77 Å². The molecule has 0 atom stereocenters. The van der Waals surface area contributed by atoms with Crippen molar-refractivity contribution in [1.82, 2.24) is 9.55 Å². The Labute approximate surface area is 129 Å². The highest BCUT2D eigenvalue weighted by Crippen LogP contribution is 2.26. The number of nitrogens with two attached hydrogens (primary N) is 1. The number of unbranched alkanes of at least 4 members (excludes halogenated alkanes) is 1. The number of ether oxygens (including phenoxy) is 1. The number of carbonyl (C=O) groups excluding carboxylic acids is 1. The minimum atomic E-state index is -0.259. The van der Waals surface area contributed by atoms with Crippen LogP contribution in [0, 0.1) is 4.77 Å². The molecule has 3 N–H and O–H groups in total. The number of benzene rings is 1. The maximum Gasteiger partial charge on any atom is 0.217 e. The van der Waals surface area contributed by atoms with Crippen LogP contribution in [-0.4, -0.2) is 21.6 Å². The molecule has 0 saturated heterocycles. The summed E-state index contributed by atoms with van der Waals surface area (Å²) in [4.78, 5) is 14.0. The van der Waals surface area contributed by atoms with E-state index in [0.29, 0.717) is 11.2 Å². The molecule has 0 aliphatic carbocycles. The summed E-state index contributed by atoms with van der Waals surface area (Å²) in [5.74, 6) is 0.551. The smallest absolute Gasteiger partial charge is 0.217 e. The number of H-pyrrole nitrogens is 1. The number of hydrogen-bond acceptors (Lipinski definition) is 3. The monoisotopic (exact) mass is 307 g/mol. The molecule has 0 bridgehead atoms. The number of aromatic amines is 1. The number of aryl methyl sites for hydroxylation is 1. The van der Waals surface area contributed by atoms with E-state index in [9.17, 15) is 4.79 Å². The average Bonchev–Trinajstić information content (AvgIpc) is 2.71. The van der Waals surface area contributed by atoms with E-state index in [-0.39, 0.29) is 12.0 Å². The normalized spacial score (nSPS) is 11.2. The first kappa shape index (κ1) is 15.6. The number of nitrogens with zero attached hydrogens (tertiary/aromatic N) is 1. The van der Waals surface area contributed by atoms with Crippen molar-refractivity contribution in [3.8, 4) is 5.75 Å². The summed E-state index contributed by atoms with van der Waals surface area (Å²) in [6, 6.07) is 5.91. The van der Waals surface area contributed by atoms with Crippen molar-refractivity contribution in [2.75, 3.05) is 0 Å². The first-order valence-electron chi connectivity index (χ1n) is 7.15. The van der Waals surface area contributed by atoms with Crippen molar-refractivity contribution in [3.05, 3.63) is 23.0 Å². The maximum atomic E-state index is 10.8. The van der Waals surface area contributed by atoms with Crippen molar-refractivity contribution in [2.45, 2.75) is 45.8 Å². The Morgan fingerprint density at radius 2 is 2.19 bits per heavy atom. The molecule has 0 radical (unpaired) electrons. The number of aromatic nitrogens is 2. The van der Waals surface area contributed by atoms with Crippen molar-refractivity contribution < 1.29 is 9.53 Å². The molecule has 5 nitrogen and oxygen atoms in total. The lowest BCUT2D eigenvalue weighted by atomic mass is 10.2. The third-order valence-corrected chi connectivity index (χ3v) is 3.51. The van der Waals surface area contributed by atoms with Gasteiger partial charge in [-0.05, 0) is 51.0 Å². The third kappa shape index (κ3) is 3.85. The molecular formula is C15H21N3O2S. The highest BCUT2D eigenvalue weighted by atomic mass is 32.1. The zero-order valence-corrected chi connectivity index (χ0v) is 13.2. The molecule has 0 fully saturated rings. The van der Waals surface area contributed by atoms with Crippen LogP contribution in [0.5, 0.6) is 5.75 Å². The van der Waals surface area contributed by atoms with Gasteiger partial charge in [-0.25, -0.2) is 0 Å². The molecule has 0 aliphatic heterocycles. The van der Waals surface area contributed by atoms with E-state index in [1.54, 1.807) is 0 Å². The van der Waals surface area contributed by atoms with Gasteiger partial charge >= 0.3 is 0 Å². The summed E-state index contributed by atoms with van der Waals surface area (Å²) in [6.07, 6.45) is 2.15. The van der Waals surface area contributed by atoms with E-state index < -0.39 is 0 Å². The molecule has 0 spiro atoms. The fraction of sp³-hybridized carbons (Fsp3) is 0.467. The average molecular weight is 307 g/mol. The lowest BCUT2D eigenvalue weighted by Crippen LogP contribution is -2.10. The van der Waals surface area contributed by atoms with Crippen molar-refractivity contribution >= 4 is 29.2 Å². The summed E-state index contributed by atoms with van der Waals surface area (Å²) < 4.78 is 8.51. The molecule has 1 amide bonds. The highest BCUT2D eigenvalue weighted by molar-refractivity contribution is 7.71. The van der Waals surface area contributed by atoms with E-state index >= 15 is 0 Å². The summed E-state index contributed by atoms with van der Waals surface area (Å²) in [5, 5.41) is 0. The lowest BCUT2D eigenvalue weighted by Gasteiger charge is -2.10. The minimum Gasteiger partial charge on any atom is -0.489 e. The Hall–Kier alpha value is -1.82. The Kier molecular flexibility index (Phi) is 5.01. The fourth-order valence-corrected chi connectivity index (χ4v) is 2.59. The van der Waals surface area contributed by atoms with Gasteiger partial charge < -0.3 is 20.0 Å². The van der Waals surface area contributed by atoms with Crippen molar-refractivity contribution in [1.29, 1.82) is 0 Å². The van der Waals surface area contributed by atoms with Crippen LogP contribution in [0.15, 0.2) is 18.2 Å². The maximum absolute atomic E-state index is 10.8. The molecule has 21 heavy (non-hydrogen) atoms. The number of rotatable bonds is 7. The predicted molar refractivity (Wildman–Crippen MR) is 85.9 cm³/mol. The summed E-state index contributed by atoms with van der Waals surface area (Å²) in [5.41, 5.74) is 7.10. The van der Waals surface area contributed by atoms with Gasteiger partial charge in [-0.3, -0.25) is 4.79 Å². The van der Waals surface area contributed by atoms with Crippen LogP contribution in [0.25, 0.3) is 11.0 Å². The molecule has 2 aromatic rings. The first-order valence-corrected chi connectivity index (χ1v) is 7.56. The molecule has 0 saturated carbocycles. The summed E-state index contributed by atoms with van der Waals surface area (Å²) >= 11 is 5.39. The van der Waals surface area contributed by atoms with Crippen molar-refractivity contribution in [2.24, 2.45) is 5.73 Å². The van der Waals surface area contributed by atoms with Crippen LogP contribution in [0.3, 0.4) is 0 Å². The number of fused-ring (bicyclic) bond motifs is 1. The second-order valence-electron chi connectivity index (χ2n) is 5.32. The largest absolute Gasteiger partial charge is 0.489 e. The van der Waals surface area contributed by atoms with Crippen LogP contribution >= 0.6 is 12.2 Å². The molecule has 2 rings (SSSR count). The first-order chi connectivity index (χ1) is 9.99. The molecular weight excluding hydrogens is 286 g/mol. The number of hydrogen-bond donors (Lipinski definition) is 2. The molecule has 1 aromatic heterocycles. The number of imidazole rings is 1. The van der Waals surface area contributed by atoms with Gasteiger partial charge in [0.05, 0.1) is 11.6 Å². The number of carbonyl (C=O) groups is 1. The fourth-order valence-electron chi connectivity index (χ4n) is 2.30. The molecule has 0 unspecified atom stereocenters. The second kappa shape index (κ2) is 6.76. The van der Waals surface area contributed by atoms with Crippen LogP contribution in [0.2, 0.25) is 0 Å². The molecule has 1 aromatic carbocycles. The van der Waals surface area contributed by atoms with E-state index in [1.165, 1.54) is 0 Å². The van der Waals surface area contributed by atoms with Gasteiger partial charge in [0.25, 0.3) is 0 Å².